The van der Waals surface area contributed by atoms with Crippen molar-refractivity contribution in [3.05, 3.63) is 59.8 Å². The van der Waals surface area contributed by atoms with Crippen LogP contribution in [-0.4, -0.2) is 27.0 Å². The molecule has 0 fully saturated rings. The summed E-state index contributed by atoms with van der Waals surface area (Å²) in [6.07, 6.45) is 3.66. The lowest BCUT2D eigenvalue weighted by atomic mass is 10.1. The van der Waals surface area contributed by atoms with Crippen LogP contribution in [0.15, 0.2) is 42.7 Å². The summed E-state index contributed by atoms with van der Waals surface area (Å²) in [5.41, 5.74) is 2.36. The molecular weight excluding hydrogens is 276 g/mol. The first kappa shape index (κ1) is 14.3. The van der Waals surface area contributed by atoms with Crippen molar-refractivity contribution in [2.45, 2.75) is 20.4 Å². The fourth-order valence-electron chi connectivity index (χ4n) is 2.49. The third-order valence-corrected chi connectivity index (χ3v) is 3.72. The average molecular weight is 294 g/mol. The minimum atomic E-state index is -0.147. The van der Waals surface area contributed by atoms with E-state index in [2.05, 4.69) is 15.3 Å². The number of fused-ring (bicyclic) bond motifs is 1. The number of carbonyl (C=O) groups excluding carboxylic acids is 1. The molecule has 0 bridgehead atoms. The second-order valence-electron chi connectivity index (χ2n) is 5.27. The van der Waals surface area contributed by atoms with Crippen LogP contribution in [0.5, 0.6) is 0 Å². The summed E-state index contributed by atoms with van der Waals surface area (Å²) in [5, 5.41) is 3.98. The van der Waals surface area contributed by atoms with Gasteiger partial charge in [-0.05, 0) is 31.5 Å². The van der Waals surface area contributed by atoms with Crippen LogP contribution in [0.4, 0.5) is 0 Å². The predicted molar refractivity (Wildman–Crippen MR) is 85.8 cm³/mol. The van der Waals surface area contributed by atoms with Crippen molar-refractivity contribution in [2.75, 3.05) is 6.54 Å². The standard InChI is InChI=1S/C17H18N4O/c1-12-11-16(20-15-6-4-3-5-14(12)15)17(22)19-8-10-21-9-7-18-13(21)2/h3-7,9,11H,8,10H2,1-2H3,(H,19,22). The summed E-state index contributed by atoms with van der Waals surface area (Å²) in [5.74, 6) is 0.792. The number of rotatable bonds is 4. The Morgan fingerprint density at radius 2 is 2.09 bits per heavy atom. The number of carbonyl (C=O) groups is 1. The quantitative estimate of drug-likeness (QED) is 0.804. The number of imidazole rings is 1. The number of aromatic nitrogens is 3. The molecule has 5 nitrogen and oxygen atoms in total. The van der Waals surface area contributed by atoms with Crippen LogP contribution in [0.3, 0.4) is 0 Å². The lowest BCUT2D eigenvalue weighted by Gasteiger charge is -2.09. The van der Waals surface area contributed by atoms with E-state index in [4.69, 9.17) is 0 Å². The minimum absolute atomic E-state index is 0.147. The summed E-state index contributed by atoms with van der Waals surface area (Å²) < 4.78 is 2.00. The molecule has 1 N–H and O–H groups in total. The number of hydrogen-bond acceptors (Lipinski definition) is 3. The van der Waals surface area contributed by atoms with Gasteiger partial charge in [-0.25, -0.2) is 9.97 Å². The molecular formula is C17H18N4O. The van der Waals surface area contributed by atoms with E-state index < -0.39 is 0 Å². The molecule has 5 heteroatoms. The van der Waals surface area contributed by atoms with E-state index in [0.717, 1.165) is 22.3 Å². The molecule has 0 aliphatic carbocycles. The maximum atomic E-state index is 12.3. The molecule has 2 aromatic heterocycles. The van der Waals surface area contributed by atoms with E-state index in [-0.39, 0.29) is 5.91 Å². The highest BCUT2D eigenvalue weighted by atomic mass is 16.1. The monoisotopic (exact) mass is 294 g/mol. The molecule has 0 saturated heterocycles. The summed E-state index contributed by atoms with van der Waals surface area (Å²) in [6, 6.07) is 9.68. The maximum absolute atomic E-state index is 12.3. The van der Waals surface area contributed by atoms with Gasteiger partial charge in [0, 0.05) is 30.9 Å². The van der Waals surface area contributed by atoms with Gasteiger partial charge in [-0.15, -0.1) is 0 Å². The predicted octanol–water partition coefficient (Wildman–Crippen LogP) is 2.48. The van der Waals surface area contributed by atoms with E-state index in [9.17, 15) is 4.79 Å². The first-order valence-corrected chi connectivity index (χ1v) is 7.27. The fraction of sp³-hybridized carbons (Fsp3) is 0.235. The van der Waals surface area contributed by atoms with Crippen molar-refractivity contribution in [1.82, 2.24) is 19.9 Å². The Hall–Kier alpha value is -2.69. The Bertz CT molecular complexity index is 822. The van der Waals surface area contributed by atoms with Crippen molar-refractivity contribution in [2.24, 2.45) is 0 Å². The van der Waals surface area contributed by atoms with Gasteiger partial charge < -0.3 is 9.88 Å². The number of pyridine rings is 1. The van der Waals surface area contributed by atoms with Crippen LogP contribution in [0.2, 0.25) is 0 Å². The van der Waals surface area contributed by atoms with E-state index in [0.29, 0.717) is 18.8 Å². The van der Waals surface area contributed by atoms with Crippen molar-refractivity contribution in [3.8, 4) is 0 Å². The molecule has 0 saturated carbocycles. The minimum Gasteiger partial charge on any atom is -0.349 e. The number of nitrogens with zero attached hydrogens (tertiary/aromatic N) is 3. The summed E-state index contributed by atoms with van der Waals surface area (Å²) in [7, 11) is 0. The number of aryl methyl sites for hydroxylation is 2. The Morgan fingerprint density at radius 1 is 1.27 bits per heavy atom. The fourth-order valence-corrected chi connectivity index (χ4v) is 2.49. The van der Waals surface area contributed by atoms with Crippen molar-refractivity contribution in [3.63, 3.8) is 0 Å². The maximum Gasteiger partial charge on any atom is 0.269 e. The Morgan fingerprint density at radius 3 is 2.86 bits per heavy atom. The molecule has 0 atom stereocenters. The second kappa shape index (κ2) is 5.97. The van der Waals surface area contributed by atoms with Gasteiger partial charge in [0.2, 0.25) is 0 Å². The van der Waals surface area contributed by atoms with Crippen molar-refractivity contribution < 1.29 is 4.79 Å². The zero-order valence-corrected chi connectivity index (χ0v) is 12.7. The third-order valence-electron chi connectivity index (χ3n) is 3.72. The van der Waals surface area contributed by atoms with Gasteiger partial charge in [0.05, 0.1) is 5.52 Å². The van der Waals surface area contributed by atoms with Crippen LogP contribution in [-0.2, 0) is 6.54 Å². The normalized spacial score (nSPS) is 10.8. The highest BCUT2D eigenvalue weighted by Crippen LogP contribution is 2.17. The van der Waals surface area contributed by atoms with Gasteiger partial charge in [0.15, 0.2) is 0 Å². The molecule has 0 spiro atoms. The number of benzene rings is 1. The molecule has 3 rings (SSSR count). The average Bonchev–Trinajstić information content (AvgIpc) is 2.92. The van der Waals surface area contributed by atoms with Crippen LogP contribution in [0, 0.1) is 13.8 Å². The molecule has 2 heterocycles. The van der Waals surface area contributed by atoms with Crippen molar-refractivity contribution >= 4 is 16.8 Å². The summed E-state index contributed by atoms with van der Waals surface area (Å²) in [6.45, 7) is 5.18. The lowest BCUT2D eigenvalue weighted by molar-refractivity contribution is 0.0947. The molecule has 0 radical (unpaired) electrons. The van der Waals surface area contributed by atoms with Gasteiger partial charge in [0.1, 0.15) is 11.5 Å². The topological polar surface area (TPSA) is 59.8 Å². The van der Waals surface area contributed by atoms with E-state index in [1.807, 2.05) is 54.9 Å². The van der Waals surface area contributed by atoms with E-state index >= 15 is 0 Å². The van der Waals surface area contributed by atoms with Gasteiger partial charge in [-0.2, -0.15) is 0 Å². The zero-order valence-electron chi connectivity index (χ0n) is 12.7. The number of amides is 1. The van der Waals surface area contributed by atoms with Gasteiger partial charge in [-0.1, -0.05) is 18.2 Å². The number of nitrogens with one attached hydrogen (secondary N) is 1. The largest absolute Gasteiger partial charge is 0.349 e. The molecule has 3 aromatic rings. The Kier molecular flexibility index (Phi) is 3.87. The van der Waals surface area contributed by atoms with Crippen molar-refractivity contribution in [1.29, 1.82) is 0 Å². The van der Waals surface area contributed by atoms with E-state index in [1.54, 1.807) is 6.20 Å². The molecule has 1 amide bonds. The molecule has 1 aromatic carbocycles. The van der Waals surface area contributed by atoms with Gasteiger partial charge >= 0.3 is 0 Å². The highest BCUT2D eigenvalue weighted by Gasteiger charge is 2.10. The smallest absolute Gasteiger partial charge is 0.269 e. The Balaban J connectivity index is 1.71. The van der Waals surface area contributed by atoms with E-state index in [1.165, 1.54) is 0 Å². The van der Waals surface area contributed by atoms with Gasteiger partial charge in [0.25, 0.3) is 5.91 Å². The van der Waals surface area contributed by atoms with Crippen LogP contribution in [0.25, 0.3) is 10.9 Å². The third kappa shape index (κ3) is 2.83. The first-order valence-electron chi connectivity index (χ1n) is 7.27. The number of para-hydroxylation sites is 1. The Labute approximate surface area is 129 Å². The highest BCUT2D eigenvalue weighted by molar-refractivity contribution is 5.95. The lowest BCUT2D eigenvalue weighted by Crippen LogP contribution is -2.28. The first-order chi connectivity index (χ1) is 10.6. The molecule has 112 valence electrons. The zero-order chi connectivity index (χ0) is 15.5. The second-order valence-corrected chi connectivity index (χ2v) is 5.27. The molecule has 0 unspecified atom stereocenters. The van der Waals surface area contributed by atoms with Crippen LogP contribution < -0.4 is 5.32 Å². The molecule has 0 aliphatic rings. The summed E-state index contributed by atoms with van der Waals surface area (Å²) in [4.78, 5) is 20.8. The molecule has 22 heavy (non-hydrogen) atoms. The summed E-state index contributed by atoms with van der Waals surface area (Å²) >= 11 is 0. The van der Waals surface area contributed by atoms with Crippen LogP contribution in [0.1, 0.15) is 21.9 Å². The van der Waals surface area contributed by atoms with Gasteiger partial charge in [-0.3, -0.25) is 4.79 Å². The number of hydrogen-bond donors (Lipinski definition) is 1. The molecule has 0 aliphatic heterocycles. The van der Waals surface area contributed by atoms with Crippen LogP contribution >= 0.6 is 0 Å². The SMILES string of the molecule is Cc1cc(C(=O)NCCn2ccnc2C)nc2ccccc12.